The van der Waals surface area contributed by atoms with Crippen molar-refractivity contribution in [1.29, 1.82) is 0 Å². The van der Waals surface area contributed by atoms with Crippen molar-refractivity contribution in [2.75, 3.05) is 18.0 Å². The summed E-state index contributed by atoms with van der Waals surface area (Å²) in [6.45, 7) is 3.51. The highest BCUT2D eigenvalue weighted by Gasteiger charge is 2.27. The van der Waals surface area contributed by atoms with Crippen LogP contribution in [0.15, 0.2) is 84.9 Å². The van der Waals surface area contributed by atoms with E-state index in [9.17, 15) is 9.18 Å². The number of carboxylic acid groups (broad SMARTS) is 1. The summed E-state index contributed by atoms with van der Waals surface area (Å²) >= 11 is 0. The van der Waals surface area contributed by atoms with E-state index in [2.05, 4.69) is 59.6 Å². The minimum absolute atomic E-state index is 0. The second-order valence-corrected chi connectivity index (χ2v) is 9.56. The van der Waals surface area contributed by atoms with Crippen molar-refractivity contribution in [2.45, 2.75) is 38.3 Å². The maximum atomic E-state index is 14.5. The second kappa shape index (κ2) is 12.3. The maximum absolute atomic E-state index is 14.5. The Morgan fingerprint density at radius 2 is 1.84 bits per heavy atom. The zero-order valence-corrected chi connectivity index (χ0v) is 22.1. The molecule has 1 unspecified atom stereocenters. The Hall–Kier alpha value is -3.61. The zero-order chi connectivity index (χ0) is 25.8. The molecule has 0 aromatic heterocycles. The lowest BCUT2D eigenvalue weighted by atomic mass is 9.99. The van der Waals surface area contributed by atoms with Crippen LogP contribution in [0.1, 0.15) is 36.9 Å². The molecule has 0 spiro atoms. The van der Waals surface area contributed by atoms with E-state index < -0.39 is 5.97 Å². The van der Waals surface area contributed by atoms with Gasteiger partial charge >= 0.3 is 5.97 Å². The van der Waals surface area contributed by atoms with Crippen molar-refractivity contribution < 1.29 is 19.0 Å². The van der Waals surface area contributed by atoms with E-state index in [0.29, 0.717) is 17.8 Å². The van der Waals surface area contributed by atoms with E-state index in [1.54, 1.807) is 0 Å². The topological polar surface area (TPSA) is 61.8 Å². The first-order valence-corrected chi connectivity index (χ1v) is 12.7. The average molecular weight is 535 g/mol. The number of aliphatic carboxylic acids is 1. The minimum Gasteiger partial charge on any atom is -0.486 e. The van der Waals surface area contributed by atoms with Crippen LogP contribution in [0.2, 0.25) is 0 Å². The molecule has 0 aliphatic carbocycles. The molecule has 1 aliphatic rings. The number of carboxylic acids is 1. The predicted octanol–water partition coefficient (Wildman–Crippen LogP) is 7.06. The lowest BCUT2D eigenvalue weighted by Crippen LogP contribution is -2.39. The smallest absolute Gasteiger partial charge is 0.303 e. The van der Waals surface area contributed by atoms with Gasteiger partial charge in [-0.1, -0.05) is 54.6 Å². The number of ether oxygens (including phenoxy) is 1. The summed E-state index contributed by atoms with van der Waals surface area (Å²) in [6.07, 6.45) is 0.936. The highest BCUT2D eigenvalue weighted by Crippen LogP contribution is 2.39. The number of aryl methyl sites for hydroxylation is 1. The van der Waals surface area contributed by atoms with Crippen molar-refractivity contribution in [3.8, 4) is 5.75 Å². The van der Waals surface area contributed by atoms with Crippen LogP contribution in [0.3, 0.4) is 0 Å². The van der Waals surface area contributed by atoms with Crippen LogP contribution in [0.25, 0.3) is 10.8 Å². The number of para-hydroxylation sites is 2. The molecule has 5 rings (SSSR count). The lowest BCUT2D eigenvalue weighted by molar-refractivity contribution is -0.136. The SMILES string of the molecule is C[C@@H](NCCC1CN(c2cc(F)cc(CCC(=O)O)c2)c2ccccc2O1)c1cccc2ccccc12.Cl. The molecule has 1 aliphatic heterocycles. The number of nitrogens with one attached hydrogen (secondary N) is 1. The monoisotopic (exact) mass is 534 g/mol. The zero-order valence-electron chi connectivity index (χ0n) is 21.3. The van der Waals surface area contributed by atoms with Gasteiger partial charge in [-0.2, -0.15) is 0 Å². The molecule has 0 radical (unpaired) electrons. The molecule has 4 aromatic carbocycles. The Balaban J connectivity index is 0.00000336. The van der Waals surface area contributed by atoms with Gasteiger partial charge in [-0.15, -0.1) is 12.4 Å². The van der Waals surface area contributed by atoms with Gasteiger partial charge in [0.15, 0.2) is 0 Å². The highest BCUT2D eigenvalue weighted by atomic mass is 35.5. The first kappa shape index (κ1) is 27.4. The Labute approximate surface area is 228 Å². The molecule has 0 saturated carbocycles. The molecule has 0 saturated heterocycles. The first-order valence-electron chi connectivity index (χ1n) is 12.7. The number of halogens is 2. The molecular formula is C31H32ClFN2O3. The van der Waals surface area contributed by atoms with Gasteiger partial charge in [0, 0.05) is 18.2 Å². The van der Waals surface area contributed by atoms with E-state index in [1.807, 2.05) is 30.3 Å². The molecule has 198 valence electrons. The molecule has 0 bridgehead atoms. The van der Waals surface area contributed by atoms with E-state index in [-0.39, 0.29) is 43.2 Å². The molecule has 5 nitrogen and oxygen atoms in total. The number of benzene rings is 4. The Bertz CT molecular complexity index is 1410. The summed E-state index contributed by atoms with van der Waals surface area (Å²) in [7, 11) is 0. The van der Waals surface area contributed by atoms with Crippen molar-refractivity contribution in [3.63, 3.8) is 0 Å². The highest BCUT2D eigenvalue weighted by molar-refractivity contribution is 5.86. The van der Waals surface area contributed by atoms with E-state index in [4.69, 9.17) is 9.84 Å². The third kappa shape index (κ3) is 6.26. The van der Waals surface area contributed by atoms with Gasteiger partial charge < -0.3 is 20.1 Å². The molecule has 1 heterocycles. The number of rotatable bonds is 9. The van der Waals surface area contributed by atoms with E-state index in [0.717, 1.165) is 24.4 Å². The maximum Gasteiger partial charge on any atom is 0.303 e. The third-order valence-electron chi connectivity index (χ3n) is 6.92. The molecule has 2 N–H and O–H groups in total. The molecule has 7 heteroatoms. The Morgan fingerprint density at radius 3 is 2.68 bits per heavy atom. The van der Waals surface area contributed by atoms with Crippen LogP contribution in [-0.4, -0.2) is 30.3 Å². The van der Waals surface area contributed by atoms with Gasteiger partial charge in [-0.05, 0) is 78.5 Å². The van der Waals surface area contributed by atoms with Gasteiger partial charge in [0.05, 0.1) is 12.2 Å². The molecule has 2 atom stereocenters. The quantitative estimate of drug-likeness (QED) is 0.241. The van der Waals surface area contributed by atoms with Gasteiger partial charge in [-0.3, -0.25) is 4.79 Å². The number of carbonyl (C=O) groups is 1. The standard InChI is InChI=1S/C31H31FN2O3.ClH/c1-21(27-10-6-8-23-7-2-3-9-28(23)27)33-16-15-26-20-34(29-11-4-5-12-30(29)37-26)25-18-22(13-14-31(35)36)17-24(32)19-25;/h2-12,17-19,21,26,33H,13-16,20H2,1H3,(H,35,36);1H/t21-,26?;/m1./s1. The summed E-state index contributed by atoms with van der Waals surface area (Å²) in [4.78, 5) is 13.1. The van der Waals surface area contributed by atoms with Crippen molar-refractivity contribution in [3.05, 3.63) is 102 Å². The van der Waals surface area contributed by atoms with Gasteiger partial charge in [0.1, 0.15) is 17.7 Å². The van der Waals surface area contributed by atoms with Crippen LogP contribution < -0.4 is 15.0 Å². The van der Waals surface area contributed by atoms with Crippen molar-refractivity contribution in [1.82, 2.24) is 5.32 Å². The van der Waals surface area contributed by atoms with E-state index in [1.165, 1.54) is 28.5 Å². The van der Waals surface area contributed by atoms with Crippen LogP contribution >= 0.6 is 12.4 Å². The summed E-state index contributed by atoms with van der Waals surface area (Å²) in [5.74, 6) is -0.506. The number of nitrogens with zero attached hydrogens (tertiary/aromatic N) is 1. The van der Waals surface area contributed by atoms with Crippen LogP contribution in [0, 0.1) is 5.82 Å². The number of fused-ring (bicyclic) bond motifs is 2. The van der Waals surface area contributed by atoms with E-state index >= 15 is 0 Å². The molecule has 38 heavy (non-hydrogen) atoms. The third-order valence-corrected chi connectivity index (χ3v) is 6.92. The van der Waals surface area contributed by atoms with Gasteiger partial charge in [0.25, 0.3) is 0 Å². The number of hydrogen-bond donors (Lipinski definition) is 2. The van der Waals surface area contributed by atoms with Gasteiger partial charge in [0.2, 0.25) is 0 Å². The van der Waals surface area contributed by atoms with Crippen molar-refractivity contribution >= 4 is 40.5 Å². The molecule has 0 fully saturated rings. The fourth-order valence-electron chi connectivity index (χ4n) is 5.08. The molecule has 0 amide bonds. The Morgan fingerprint density at radius 1 is 1.08 bits per heavy atom. The van der Waals surface area contributed by atoms with Crippen LogP contribution in [-0.2, 0) is 11.2 Å². The first-order chi connectivity index (χ1) is 18.0. The normalized spacial score (nSPS) is 15.3. The number of anilines is 2. The van der Waals surface area contributed by atoms with Crippen molar-refractivity contribution in [2.24, 2.45) is 0 Å². The van der Waals surface area contributed by atoms with Gasteiger partial charge in [-0.25, -0.2) is 4.39 Å². The summed E-state index contributed by atoms with van der Waals surface area (Å²) in [6, 6.07) is 27.6. The summed E-state index contributed by atoms with van der Waals surface area (Å²) in [5, 5.41) is 15.2. The number of hydrogen-bond acceptors (Lipinski definition) is 4. The lowest BCUT2D eigenvalue weighted by Gasteiger charge is -2.36. The predicted molar refractivity (Wildman–Crippen MR) is 152 cm³/mol. The molecule has 4 aromatic rings. The largest absolute Gasteiger partial charge is 0.486 e. The fraction of sp³-hybridized carbons (Fsp3) is 0.258. The Kier molecular flexibility index (Phi) is 8.87. The fourth-order valence-corrected chi connectivity index (χ4v) is 5.08. The summed E-state index contributed by atoms with van der Waals surface area (Å²) in [5.41, 5.74) is 3.52. The second-order valence-electron chi connectivity index (χ2n) is 9.56. The van der Waals surface area contributed by atoms with Crippen LogP contribution in [0.4, 0.5) is 15.8 Å². The van der Waals surface area contributed by atoms with Crippen LogP contribution in [0.5, 0.6) is 5.75 Å². The minimum atomic E-state index is -0.896. The molecular weight excluding hydrogens is 503 g/mol. The summed E-state index contributed by atoms with van der Waals surface area (Å²) < 4.78 is 20.9. The average Bonchev–Trinajstić information content (AvgIpc) is 2.90.